The van der Waals surface area contributed by atoms with Crippen LogP contribution in [0, 0.1) is 23.2 Å². The summed E-state index contributed by atoms with van der Waals surface area (Å²) >= 11 is 1.56. The molecule has 44 heavy (non-hydrogen) atoms. The van der Waals surface area contributed by atoms with E-state index in [1.54, 1.807) is 11.8 Å². The first kappa shape index (κ1) is 37.5. The lowest BCUT2D eigenvalue weighted by Gasteiger charge is -2.31. The highest BCUT2D eigenvalue weighted by Gasteiger charge is 2.59. The first-order valence-electron chi connectivity index (χ1n) is 16.0. The quantitative estimate of drug-likeness (QED) is 0.151. The molecule has 1 aliphatic rings. The van der Waals surface area contributed by atoms with Crippen LogP contribution in [0.3, 0.4) is 0 Å². The summed E-state index contributed by atoms with van der Waals surface area (Å²) in [4.78, 5) is 66.9. The van der Waals surface area contributed by atoms with E-state index >= 15 is 0 Å². The molecule has 1 aromatic rings. The van der Waals surface area contributed by atoms with E-state index in [0.29, 0.717) is 44.4 Å². The second kappa shape index (κ2) is 18.3. The van der Waals surface area contributed by atoms with E-state index in [0.717, 1.165) is 18.4 Å². The number of carbonyl (C=O) groups is 5. The Kier molecular flexibility index (Phi) is 15.6. The second-order valence-corrected chi connectivity index (χ2v) is 13.9. The van der Waals surface area contributed by atoms with Crippen molar-refractivity contribution < 1.29 is 24.0 Å². The molecule has 0 aromatic heterocycles. The van der Waals surface area contributed by atoms with Crippen LogP contribution >= 0.6 is 11.8 Å². The van der Waals surface area contributed by atoms with Crippen molar-refractivity contribution in [3.05, 3.63) is 35.9 Å². The fourth-order valence-corrected chi connectivity index (χ4v) is 6.36. The molecule has 10 heteroatoms. The van der Waals surface area contributed by atoms with Gasteiger partial charge >= 0.3 is 0 Å². The van der Waals surface area contributed by atoms with Gasteiger partial charge in [-0.05, 0) is 75.0 Å². The largest absolute Gasteiger partial charge is 0.345 e. The Morgan fingerprint density at radius 3 is 2.00 bits per heavy atom. The third-order valence-corrected chi connectivity index (χ3v) is 9.01. The number of benzene rings is 1. The zero-order chi connectivity index (χ0) is 32.9. The Hall–Kier alpha value is -2.72. The normalized spacial score (nSPS) is 16.5. The van der Waals surface area contributed by atoms with Crippen molar-refractivity contribution in [1.82, 2.24) is 16.0 Å². The first-order chi connectivity index (χ1) is 20.9. The summed E-state index contributed by atoms with van der Waals surface area (Å²) in [6, 6.07) is 6.99. The number of hydrogen-bond donors (Lipinski definition) is 4. The topological polar surface area (TPSA) is 147 Å². The smallest absolute Gasteiger partial charge is 0.243 e. The molecule has 2 rings (SSSR count). The summed E-state index contributed by atoms with van der Waals surface area (Å²) in [6.45, 7) is 9.54. The molecule has 1 aliphatic carbocycles. The highest BCUT2D eigenvalue weighted by Crippen LogP contribution is 2.56. The third-order valence-electron chi connectivity index (χ3n) is 8.37. The molecule has 0 saturated heterocycles. The molecule has 1 fully saturated rings. The maximum atomic E-state index is 14.5. The van der Waals surface area contributed by atoms with Gasteiger partial charge in [-0.25, -0.2) is 0 Å². The molecule has 4 unspecified atom stereocenters. The number of thioether (sulfide) groups is 1. The van der Waals surface area contributed by atoms with Gasteiger partial charge in [0.2, 0.25) is 17.7 Å². The van der Waals surface area contributed by atoms with Crippen molar-refractivity contribution >= 4 is 41.0 Å². The van der Waals surface area contributed by atoms with Crippen LogP contribution in [0.5, 0.6) is 0 Å². The van der Waals surface area contributed by atoms with Crippen LogP contribution in [0.25, 0.3) is 0 Å². The number of unbranched alkanes of at least 4 members (excludes halogenated alkanes) is 1. The van der Waals surface area contributed by atoms with Crippen LogP contribution in [0.15, 0.2) is 30.3 Å². The van der Waals surface area contributed by atoms with Crippen LogP contribution in [0.2, 0.25) is 0 Å². The van der Waals surface area contributed by atoms with E-state index < -0.39 is 41.3 Å². The number of nitrogens with one attached hydrogen (secondary N) is 3. The standard InChI is InChI=1S/C34H54N4O5S/c1-22(2)20-29(38-32(42)27(15-19-44-6)36-24(5)39)33(43)37-28(21-25-12-8-7-9-13-25)31(41)34(16-17-34)26(14-10-11-18-35)30(40)23(3)4/h7-9,12-13,22-23,26-29H,10-11,14-21,35H2,1-6H3,(H,36,39)(H,37,43)(H,38,42). The van der Waals surface area contributed by atoms with Gasteiger partial charge in [-0.3, -0.25) is 24.0 Å². The average molecular weight is 631 g/mol. The first-order valence-corrected chi connectivity index (χ1v) is 17.4. The lowest BCUT2D eigenvalue weighted by atomic mass is 9.74. The maximum Gasteiger partial charge on any atom is 0.243 e. The number of carbonyl (C=O) groups excluding carboxylic acids is 5. The Bertz CT molecular complexity index is 1110. The van der Waals surface area contributed by atoms with Gasteiger partial charge in [0.05, 0.1) is 6.04 Å². The number of rotatable bonds is 21. The zero-order valence-electron chi connectivity index (χ0n) is 27.4. The number of Topliss-reactive ketones (excluding diaryl/α,β-unsaturated/α-hetero) is 2. The highest BCUT2D eigenvalue weighted by atomic mass is 32.2. The Balaban J connectivity index is 2.38. The molecule has 9 nitrogen and oxygen atoms in total. The Morgan fingerprint density at radius 1 is 0.864 bits per heavy atom. The van der Waals surface area contributed by atoms with Crippen LogP contribution < -0.4 is 21.7 Å². The van der Waals surface area contributed by atoms with Crippen LogP contribution in [0.4, 0.5) is 0 Å². The van der Waals surface area contributed by atoms with E-state index in [4.69, 9.17) is 5.73 Å². The predicted octanol–water partition coefficient (Wildman–Crippen LogP) is 3.82. The van der Waals surface area contributed by atoms with Crippen molar-refractivity contribution in [1.29, 1.82) is 0 Å². The fraction of sp³-hybridized carbons (Fsp3) is 0.676. The van der Waals surface area contributed by atoms with Crippen molar-refractivity contribution in [2.24, 2.45) is 28.9 Å². The fourth-order valence-electron chi connectivity index (χ4n) is 5.89. The van der Waals surface area contributed by atoms with Crippen molar-refractivity contribution in [3.8, 4) is 0 Å². The molecular formula is C34H54N4O5S. The lowest BCUT2D eigenvalue weighted by molar-refractivity contribution is -0.139. The molecule has 0 radical (unpaired) electrons. The molecule has 4 atom stereocenters. The predicted molar refractivity (Wildman–Crippen MR) is 177 cm³/mol. The number of amides is 3. The summed E-state index contributed by atoms with van der Waals surface area (Å²) in [5.41, 5.74) is 5.82. The number of nitrogens with two attached hydrogens (primary N) is 1. The second-order valence-electron chi connectivity index (χ2n) is 12.9. The minimum Gasteiger partial charge on any atom is -0.345 e. The van der Waals surface area contributed by atoms with Crippen molar-refractivity contribution in [2.45, 2.75) is 104 Å². The zero-order valence-corrected chi connectivity index (χ0v) is 28.3. The SMILES string of the molecule is CSCCC(NC(C)=O)C(=O)NC(CC(C)C)C(=O)NC(Cc1ccccc1)C(=O)C1(C(CCCCN)C(=O)C(C)C)CC1. The minimum absolute atomic E-state index is 0.0742. The third kappa shape index (κ3) is 11.3. The number of hydrogen-bond acceptors (Lipinski definition) is 7. The maximum absolute atomic E-state index is 14.5. The highest BCUT2D eigenvalue weighted by molar-refractivity contribution is 7.98. The molecule has 246 valence electrons. The van der Waals surface area contributed by atoms with Crippen LogP contribution in [0.1, 0.15) is 85.1 Å². The molecular weight excluding hydrogens is 576 g/mol. The van der Waals surface area contributed by atoms with Crippen molar-refractivity contribution in [2.75, 3.05) is 18.6 Å². The van der Waals surface area contributed by atoms with Gasteiger partial charge < -0.3 is 21.7 Å². The van der Waals surface area contributed by atoms with Gasteiger partial charge in [-0.15, -0.1) is 0 Å². The molecule has 0 aliphatic heterocycles. The summed E-state index contributed by atoms with van der Waals surface area (Å²) in [5.74, 6) is -1.13. The van der Waals surface area contributed by atoms with Crippen LogP contribution in [-0.2, 0) is 30.4 Å². The van der Waals surface area contributed by atoms with Gasteiger partial charge in [-0.2, -0.15) is 11.8 Å². The van der Waals surface area contributed by atoms with Gasteiger partial charge in [-0.1, -0.05) is 64.4 Å². The monoisotopic (exact) mass is 630 g/mol. The molecule has 0 bridgehead atoms. The van der Waals surface area contributed by atoms with Crippen molar-refractivity contribution in [3.63, 3.8) is 0 Å². The summed E-state index contributed by atoms with van der Waals surface area (Å²) in [7, 11) is 0. The molecule has 1 saturated carbocycles. The summed E-state index contributed by atoms with van der Waals surface area (Å²) < 4.78 is 0. The van der Waals surface area contributed by atoms with E-state index in [-0.39, 0.29) is 35.7 Å². The van der Waals surface area contributed by atoms with E-state index in [1.165, 1.54) is 6.92 Å². The molecule has 0 spiro atoms. The summed E-state index contributed by atoms with van der Waals surface area (Å²) in [6.07, 6.45) is 6.35. The Morgan fingerprint density at radius 2 is 1.48 bits per heavy atom. The van der Waals surface area contributed by atoms with E-state index in [9.17, 15) is 24.0 Å². The van der Waals surface area contributed by atoms with Gasteiger partial charge in [0, 0.05) is 24.2 Å². The summed E-state index contributed by atoms with van der Waals surface area (Å²) in [5, 5.41) is 8.57. The lowest BCUT2D eigenvalue weighted by Crippen LogP contribution is -2.57. The van der Waals surface area contributed by atoms with E-state index in [1.807, 2.05) is 64.3 Å². The number of ketones is 2. The Labute approximate surface area is 268 Å². The molecule has 0 heterocycles. The van der Waals surface area contributed by atoms with Gasteiger partial charge in [0.15, 0.2) is 5.78 Å². The average Bonchev–Trinajstić information content (AvgIpc) is 3.77. The van der Waals surface area contributed by atoms with Crippen LogP contribution in [-0.4, -0.2) is 66.0 Å². The van der Waals surface area contributed by atoms with Gasteiger partial charge in [0.1, 0.15) is 17.9 Å². The molecule has 3 amide bonds. The van der Waals surface area contributed by atoms with Gasteiger partial charge in [0.25, 0.3) is 0 Å². The molecule has 1 aromatic carbocycles. The molecule has 5 N–H and O–H groups in total. The minimum atomic E-state index is -0.896. The van der Waals surface area contributed by atoms with E-state index in [2.05, 4.69) is 16.0 Å².